The number of para-hydroxylation sites is 1. The van der Waals surface area contributed by atoms with Crippen LogP contribution in [0.15, 0.2) is 59.5 Å². The van der Waals surface area contributed by atoms with Crippen LogP contribution in [0.2, 0.25) is 0 Å². The first kappa shape index (κ1) is 19.0. The zero-order valence-electron chi connectivity index (χ0n) is 14.3. The van der Waals surface area contributed by atoms with E-state index in [9.17, 15) is 9.59 Å². The molecular weight excluding hydrogens is 334 g/mol. The van der Waals surface area contributed by atoms with Gasteiger partial charge in [-0.15, -0.1) is 11.8 Å². The molecule has 0 atom stereocenters. The molecule has 0 saturated carbocycles. The number of amides is 2. The molecule has 2 aromatic rings. The molecule has 0 aliphatic rings. The Labute approximate surface area is 152 Å². The number of benzene rings is 2. The molecule has 0 aliphatic carbocycles. The van der Waals surface area contributed by atoms with Gasteiger partial charge in [0, 0.05) is 11.4 Å². The number of hydrogen-bond acceptors (Lipinski definition) is 4. The largest absolute Gasteiger partial charge is 0.369 e. The van der Waals surface area contributed by atoms with Gasteiger partial charge in [-0.1, -0.05) is 49.4 Å². The predicted molar refractivity (Wildman–Crippen MR) is 102 cm³/mol. The lowest BCUT2D eigenvalue weighted by atomic mass is 10.2. The number of hydrogen-bond donors (Lipinski definition) is 2. The van der Waals surface area contributed by atoms with E-state index in [0.29, 0.717) is 12.2 Å². The Bertz CT molecular complexity index is 707. The van der Waals surface area contributed by atoms with E-state index in [1.165, 1.54) is 17.3 Å². The number of nitrogens with zero attached hydrogens (tertiary/aromatic N) is 1. The summed E-state index contributed by atoms with van der Waals surface area (Å²) in [7, 11) is 0. The molecule has 0 bridgehead atoms. The van der Waals surface area contributed by atoms with Crippen molar-refractivity contribution in [2.75, 3.05) is 24.2 Å². The van der Waals surface area contributed by atoms with Crippen LogP contribution in [0.4, 0.5) is 5.69 Å². The lowest BCUT2D eigenvalue weighted by molar-refractivity contribution is -0.117. The molecule has 132 valence electrons. The lowest BCUT2D eigenvalue weighted by Gasteiger charge is -2.20. The molecule has 0 aromatic heterocycles. The molecule has 2 rings (SSSR count). The molecule has 0 saturated heterocycles. The Hall–Kier alpha value is -2.31. The topological polar surface area (TPSA) is 75.4 Å². The number of primary amides is 1. The van der Waals surface area contributed by atoms with Gasteiger partial charge in [-0.05, 0) is 24.2 Å². The van der Waals surface area contributed by atoms with Crippen molar-refractivity contribution in [3.8, 4) is 0 Å². The number of carbonyl (C=O) groups excluding carboxylic acids is 2. The van der Waals surface area contributed by atoms with Crippen molar-refractivity contribution in [2.45, 2.75) is 18.4 Å². The van der Waals surface area contributed by atoms with E-state index in [2.05, 4.69) is 22.3 Å². The predicted octanol–water partition coefficient (Wildman–Crippen LogP) is 2.72. The van der Waals surface area contributed by atoms with E-state index in [1.54, 1.807) is 0 Å². The van der Waals surface area contributed by atoms with E-state index >= 15 is 0 Å². The van der Waals surface area contributed by atoms with Gasteiger partial charge in [0.2, 0.25) is 11.8 Å². The van der Waals surface area contributed by atoms with Crippen LogP contribution in [-0.2, 0) is 16.1 Å². The smallest absolute Gasteiger partial charge is 0.238 e. The highest BCUT2D eigenvalue weighted by Crippen LogP contribution is 2.26. The van der Waals surface area contributed by atoms with Gasteiger partial charge in [-0.25, -0.2) is 0 Å². The van der Waals surface area contributed by atoms with Crippen molar-refractivity contribution in [1.82, 2.24) is 4.90 Å². The molecule has 3 N–H and O–H groups in total. The molecule has 0 spiro atoms. The molecule has 0 heterocycles. The van der Waals surface area contributed by atoms with Crippen molar-refractivity contribution in [1.29, 1.82) is 0 Å². The van der Waals surface area contributed by atoms with E-state index in [0.717, 1.165) is 18.0 Å². The summed E-state index contributed by atoms with van der Waals surface area (Å²) in [5.41, 5.74) is 7.07. The fourth-order valence-corrected chi connectivity index (χ4v) is 3.11. The van der Waals surface area contributed by atoms with Crippen LogP contribution < -0.4 is 11.1 Å². The van der Waals surface area contributed by atoms with Gasteiger partial charge < -0.3 is 11.1 Å². The Morgan fingerprint density at radius 2 is 1.76 bits per heavy atom. The summed E-state index contributed by atoms with van der Waals surface area (Å²) < 4.78 is 0. The molecule has 0 radical (unpaired) electrons. The first-order valence-electron chi connectivity index (χ1n) is 8.14. The van der Waals surface area contributed by atoms with Crippen molar-refractivity contribution in [3.05, 3.63) is 60.2 Å². The van der Waals surface area contributed by atoms with Gasteiger partial charge >= 0.3 is 0 Å². The number of likely N-dealkylation sites (N-methyl/N-ethyl adjacent to an activating group) is 1. The van der Waals surface area contributed by atoms with E-state index in [-0.39, 0.29) is 17.6 Å². The molecule has 25 heavy (non-hydrogen) atoms. The summed E-state index contributed by atoms with van der Waals surface area (Å²) >= 11 is 1.32. The molecular formula is C19H23N3O2S. The van der Waals surface area contributed by atoms with E-state index in [4.69, 9.17) is 5.73 Å². The maximum atomic E-state index is 12.4. The van der Waals surface area contributed by atoms with Gasteiger partial charge in [0.15, 0.2) is 0 Å². The number of rotatable bonds is 9. The second-order valence-corrected chi connectivity index (χ2v) is 6.61. The Morgan fingerprint density at radius 1 is 1.08 bits per heavy atom. The second-order valence-electron chi connectivity index (χ2n) is 5.59. The minimum atomic E-state index is -0.383. The summed E-state index contributed by atoms with van der Waals surface area (Å²) in [6.07, 6.45) is 0. The molecule has 0 fully saturated rings. The third kappa shape index (κ3) is 6.60. The van der Waals surface area contributed by atoms with Gasteiger partial charge in [-0.2, -0.15) is 0 Å². The van der Waals surface area contributed by atoms with E-state index < -0.39 is 0 Å². The van der Waals surface area contributed by atoms with Crippen LogP contribution in [0.1, 0.15) is 12.5 Å². The highest BCUT2D eigenvalue weighted by Gasteiger charge is 2.12. The molecule has 2 amide bonds. The standard InChI is InChI=1S/C19H23N3O2S/c1-2-22(12-15-8-4-3-5-9-15)13-19(24)21-16-10-6-7-11-17(16)25-14-18(20)23/h3-11H,2,12-14H2,1H3,(H2,20,23)(H,21,24). The van der Waals surface area contributed by atoms with Gasteiger partial charge in [-0.3, -0.25) is 14.5 Å². The number of thioether (sulfide) groups is 1. The van der Waals surface area contributed by atoms with Crippen molar-refractivity contribution in [3.63, 3.8) is 0 Å². The van der Waals surface area contributed by atoms with E-state index in [1.807, 2.05) is 49.4 Å². The maximum Gasteiger partial charge on any atom is 0.238 e. The SMILES string of the molecule is CCN(CC(=O)Nc1ccccc1SCC(N)=O)Cc1ccccc1. The average molecular weight is 357 g/mol. The number of nitrogens with two attached hydrogens (primary N) is 1. The Kier molecular flexibility index (Phi) is 7.50. The van der Waals surface area contributed by atoms with Crippen LogP contribution in [0.25, 0.3) is 0 Å². The zero-order valence-corrected chi connectivity index (χ0v) is 15.1. The van der Waals surface area contributed by atoms with Crippen LogP contribution in [0.3, 0.4) is 0 Å². The number of nitrogens with one attached hydrogen (secondary N) is 1. The summed E-state index contributed by atoms with van der Waals surface area (Å²) in [5.74, 6) is -0.279. The van der Waals surface area contributed by atoms with Crippen molar-refractivity contribution in [2.24, 2.45) is 5.73 Å². The minimum Gasteiger partial charge on any atom is -0.369 e. The van der Waals surface area contributed by atoms with Crippen molar-refractivity contribution < 1.29 is 9.59 Å². The highest BCUT2D eigenvalue weighted by atomic mass is 32.2. The average Bonchev–Trinajstić information content (AvgIpc) is 2.61. The Morgan fingerprint density at radius 3 is 2.44 bits per heavy atom. The molecule has 0 unspecified atom stereocenters. The van der Waals surface area contributed by atoms with Gasteiger partial charge in [0.05, 0.1) is 18.0 Å². The first-order valence-corrected chi connectivity index (χ1v) is 9.13. The maximum absolute atomic E-state index is 12.4. The third-order valence-electron chi connectivity index (χ3n) is 3.59. The Balaban J connectivity index is 1.95. The molecule has 5 nitrogen and oxygen atoms in total. The summed E-state index contributed by atoms with van der Waals surface area (Å²) in [6.45, 7) is 3.84. The fraction of sp³-hybridized carbons (Fsp3) is 0.263. The summed E-state index contributed by atoms with van der Waals surface area (Å²) in [5, 5.41) is 2.93. The quantitative estimate of drug-likeness (QED) is 0.677. The van der Waals surface area contributed by atoms with Crippen molar-refractivity contribution >= 4 is 29.3 Å². The highest BCUT2D eigenvalue weighted by molar-refractivity contribution is 8.00. The summed E-state index contributed by atoms with van der Waals surface area (Å²) in [4.78, 5) is 26.3. The fourth-order valence-electron chi connectivity index (χ4n) is 2.36. The monoisotopic (exact) mass is 357 g/mol. The van der Waals surface area contributed by atoms with Crippen LogP contribution in [0.5, 0.6) is 0 Å². The number of anilines is 1. The first-order chi connectivity index (χ1) is 12.1. The molecule has 2 aromatic carbocycles. The van der Waals surface area contributed by atoms with Crippen LogP contribution in [-0.4, -0.2) is 35.6 Å². The van der Waals surface area contributed by atoms with Crippen LogP contribution >= 0.6 is 11.8 Å². The summed E-state index contributed by atoms with van der Waals surface area (Å²) in [6, 6.07) is 17.5. The normalized spacial score (nSPS) is 10.6. The lowest BCUT2D eigenvalue weighted by Crippen LogP contribution is -2.32. The second kappa shape index (κ2) is 9.86. The van der Waals surface area contributed by atoms with Crippen LogP contribution in [0, 0.1) is 0 Å². The van der Waals surface area contributed by atoms with Gasteiger partial charge in [0.1, 0.15) is 0 Å². The number of carbonyl (C=O) groups is 2. The minimum absolute atomic E-state index is 0.0788. The molecule has 6 heteroatoms. The zero-order chi connectivity index (χ0) is 18.1. The molecule has 0 aliphatic heterocycles. The third-order valence-corrected chi connectivity index (χ3v) is 4.69. The van der Waals surface area contributed by atoms with Gasteiger partial charge in [0.25, 0.3) is 0 Å².